The van der Waals surface area contributed by atoms with Crippen molar-refractivity contribution in [1.82, 2.24) is 9.97 Å². The van der Waals surface area contributed by atoms with Gasteiger partial charge in [0.25, 0.3) is 5.56 Å². The number of rotatable bonds is 2. The van der Waals surface area contributed by atoms with Crippen LogP contribution in [0, 0.1) is 13.8 Å². The Kier molecular flexibility index (Phi) is 2.63. The van der Waals surface area contributed by atoms with Crippen molar-refractivity contribution in [3.05, 3.63) is 27.4 Å². The zero-order valence-electron chi connectivity index (χ0n) is 7.77. The van der Waals surface area contributed by atoms with E-state index in [0.29, 0.717) is 0 Å². The molecular formula is C9H14N2O. The number of H-pyrrole nitrogens is 1. The van der Waals surface area contributed by atoms with Crippen LogP contribution in [0.25, 0.3) is 0 Å². The molecular weight excluding hydrogens is 152 g/mol. The van der Waals surface area contributed by atoms with Crippen LogP contribution >= 0.6 is 0 Å². The molecule has 3 heteroatoms. The van der Waals surface area contributed by atoms with Crippen LogP contribution in [0.3, 0.4) is 0 Å². The Bertz CT molecular complexity index is 328. The third-order valence-corrected chi connectivity index (χ3v) is 1.94. The molecule has 0 bridgehead atoms. The smallest absolute Gasteiger partial charge is 0.276 e. The largest absolute Gasteiger partial charge is 0.347 e. The van der Waals surface area contributed by atoms with Crippen molar-refractivity contribution < 1.29 is 0 Å². The van der Waals surface area contributed by atoms with E-state index in [1.165, 1.54) is 0 Å². The normalized spacial score (nSPS) is 10.2. The van der Waals surface area contributed by atoms with Crippen molar-refractivity contribution in [2.24, 2.45) is 0 Å². The van der Waals surface area contributed by atoms with Crippen LogP contribution in [0.4, 0.5) is 0 Å². The molecule has 1 heterocycles. The van der Waals surface area contributed by atoms with Crippen LogP contribution in [-0.2, 0) is 6.42 Å². The maximum atomic E-state index is 11.2. The number of aromatic amines is 1. The molecule has 1 aromatic heterocycles. The third-order valence-electron chi connectivity index (χ3n) is 1.94. The number of nitrogens with zero attached hydrogens (tertiary/aromatic N) is 1. The van der Waals surface area contributed by atoms with Crippen molar-refractivity contribution in [3.8, 4) is 0 Å². The summed E-state index contributed by atoms with van der Waals surface area (Å²) in [5.41, 5.74) is 1.54. The molecule has 3 nitrogen and oxygen atoms in total. The van der Waals surface area contributed by atoms with Gasteiger partial charge < -0.3 is 4.98 Å². The molecule has 0 unspecified atom stereocenters. The molecule has 12 heavy (non-hydrogen) atoms. The summed E-state index contributed by atoms with van der Waals surface area (Å²) in [6.45, 7) is 5.75. The summed E-state index contributed by atoms with van der Waals surface area (Å²) in [5, 5.41) is 0. The first-order valence-electron chi connectivity index (χ1n) is 4.21. The fraction of sp³-hybridized carbons (Fsp3) is 0.556. The van der Waals surface area contributed by atoms with Crippen molar-refractivity contribution in [2.75, 3.05) is 0 Å². The second-order valence-electron chi connectivity index (χ2n) is 2.99. The SMILES string of the molecule is CCCc1nc(=O)c(C)c(C)[nH]1. The summed E-state index contributed by atoms with van der Waals surface area (Å²) in [4.78, 5) is 18.2. The Morgan fingerprint density at radius 2 is 2.08 bits per heavy atom. The second kappa shape index (κ2) is 3.52. The lowest BCUT2D eigenvalue weighted by molar-refractivity contribution is 0.808. The number of aromatic nitrogens is 2. The molecule has 0 radical (unpaired) electrons. The van der Waals surface area contributed by atoms with Crippen LogP contribution in [0.15, 0.2) is 4.79 Å². The molecule has 1 aromatic rings. The molecule has 0 fully saturated rings. The fourth-order valence-corrected chi connectivity index (χ4v) is 1.06. The van der Waals surface area contributed by atoms with E-state index < -0.39 is 0 Å². The van der Waals surface area contributed by atoms with E-state index in [1.807, 2.05) is 6.92 Å². The van der Waals surface area contributed by atoms with Crippen LogP contribution in [0.1, 0.15) is 30.4 Å². The highest BCUT2D eigenvalue weighted by Gasteiger charge is 2.01. The molecule has 0 aliphatic carbocycles. The lowest BCUT2D eigenvalue weighted by atomic mass is 10.2. The average molecular weight is 166 g/mol. The lowest BCUT2D eigenvalue weighted by Gasteiger charge is -2.02. The third kappa shape index (κ3) is 1.72. The number of hydrogen-bond acceptors (Lipinski definition) is 2. The van der Waals surface area contributed by atoms with E-state index >= 15 is 0 Å². The van der Waals surface area contributed by atoms with Crippen molar-refractivity contribution in [2.45, 2.75) is 33.6 Å². The quantitative estimate of drug-likeness (QED) is 0.720. The molecule has 0 spiro atoms. The molecule has 0 aliphatic rings. The minimum Gasteiger partial charge on any atom is -0.347 e. The lowest BCUT2D eigenvalue weighted by Crippen LogP contribution is -2.16. The predicted octanol–water partition coefficient (Wildman–Crippen LogP) is 1.34. The number of aryl methyl sites for hydroxylation is 2. The van der Waals surface area contributed by atoms with Gasteiger partial charge in [-0.05, 0) is 20.3 Å². The van der Waals surface area contributed by atoms with E-state index in [1.54, 1.807) is 6.92 Å². The first-order chi connectivity index (χ1) is 5.65. The van der Waals surface area contributed by atoms with Gasteiger partial charge in [-0.15, -0.1) is 0 Å². The van der Waals surface area contributed by atoms with Gasteiger partial charge in [0, 0.05) is 17.7 Å². The van der Waals surface area contributed by atoms with Crippen molar-refractivity contribution in [3.63, 3.8) is 0 Å². The number of hydrogen-bond donors (Lipinski definition) is 1. The highest BCUT2D eigenvalue weighted by Crippen LogP contribution is 1.98. The second-order valence-corrected chi connectivity index (χ2v) is 2.99. The maximum absolute atomic E-state index is 11.2. The van der Waals surface area contributed by atoms with E-state index in [2.05, 4.69) is 16.9 Å². The van der Waals surface area contributed by atoms with Crippen LogP contribution in [0.2, 0.25) is 0 Å². The Morgan fingerprint density at radius 3 is 2.58 bits per heavy atom. The van der Waals surface area contributed by atoms with Crippen LogP contribution in [-0.4, -0.2) is 9.97 Å². The van der Waals surface area contributed by atoms with E-state index in [4.69, 9.17) is 0 Å². The van der Waals surface area contributed by atoms with Gasteiger partial charge in [0.05, 0.1) is 0 Å². The standard InChI is InChI=1S/C9H14N2O/c1-4-5-8-10-7(3)6(2)9(12)11-8/h4-5H2,1-3H3,(H,10,11,12). The minimum absolute atomic E-state index is 0.102. The van der Waals surface area contributed by atoms with Gasteiger partial charge in [0.2, 0.25) is 0 Å². The van der Waals surface area contributed by atoms with Gasteiger partial charge in [-0.25, -0.2) is 0 Å². The van der Waals surface area contributed by atoms with Gasteiger partial charge in [-0.3, -0.25) is 4.79 Å². The van der Waals surface area contributed by atoms with Gasteiger partial charge in [0.15, 0.2) is 0 Å². The molecule has 0 aliphatic heterocycles. The zero-order chi connectivity index (χ0) is 9.14. The topological polar surface area (TPSA) is 45.8 Å². The maximum Gasteiger partial charge on any atom is 0.276 e. The fourth-order valence-electron chi connectivity index (χ4n) is 1.06. The summed E-state index contributed by atoms with van der Waals surface area (Å²) < 4.78 is 0. The minimum atomic E-state index is -0.102. The predicted molar refractivity (Wildman–Crippen MR) is 48.3 cm³/mol. The van der Waals surface area contributed by atoms with Gasteiger partial charge in [-0.2, -0.15) is 4.98 Å². The molecule has 0 saturated carbocycles. The van der Waals surface area contributed by atoms with Gasteiger partial charge >= 0.3 is 0 Å². The Balaban J connectivity index is 3.13. The first kappa shape index (κ1) is 8.97. The molecule has 66 valence electrons. The molecule has 0 saturated heterocycles. The zero-order valence-corrected chi connectivity index (χ0v) is 7.77. The summed E-state index contributed by atoms with van der Waals surface area (Å²) in [5.74, 6) is 0.797. The molecule has 0 amide bonds. The van der Waals surface area contributed by atoms with Gasteiger partial charge in [0.1, 0.15) is 5.82 Å². The molecule has 1 rings (SSSR count). The van der Waals surface area contributed by atoms with Crippen molar-refractivity contribution in [1.29, 1.82) is 0 Å². The Labute approximate surface area is 71.9 Å². The van der Waals surface area contributed by atoms with Gasteiger partial charge in [-0.1, -0.05) is 6.92 Å². The summed E-state index contributed by atoms with van der Waals surface area (Å²) in [7, 11) is 0. The van der Waals surface area contributed by atoms with E-state index in [9.17, 15) is 4.79 Å². The molecule has 1 N–H and O–H groups in total. The summed E-state index contributed by atoms with van der Waals surface area (Å²) >= 11 is 0. The molecule has 0 atom stereocenters. The number of nitrogens with one attached hydrogen (secondary N) is 1. The summed E-state index contributed by atoms with van der Waals surface area (Å²) in [6, 6.07) is 0. The average Bonchev–Trinajstić information content (AvgIpc) is 2.01. The highest BCUT2D eigenvalue weighted by molar-refractivity contribution is 5.13. The Morgan fingerprint density at radius 1 is 1.42 bits per heavy atom. The van der Waals surface area contributed by atoms with Crippen molar-refractivity contribution >= 4 is 0 Å². The van der Waals surface area contributed by atoms with Crippen LogP contribution < -0.4 is 5.56 Å². The molecule has 0 aromatic carbocycles. The van der Waals surface area contributed by atoms with E-state index in [-0.39, 0.29) is 5.56 Å². The van der Waals surface area contributed by atoms with Crippen LogP contribution in [0.5, 0.6) is 0 Å². The monoisotopic (exact) mass is 166 g/mol. The highest BCUT2D eigenvalue weighted by atomic mass is 16.1. The first-order valence-corrected chi connectivity index (χ1v) is 4.21. The van der Waals surface area contributed by atoms with E-state index in [0.717, 1.165) is 29.9 Å². The Hall–Kier alpha value is -1.12. The summed E-state index contributed by atoms with van der Waals surface area (Å²) in [6.07, 6.45) is 1.85.